The van der Waals surface area contributed by atoms with Crippen LogP contribution in [0.2, 0.25) is 0 Å². The molecule has 2 aliphatic rings. The van der Waals surface area contributed by atoms with Gasteiger partial charge in [-0.05, 0) is 25.5 Å². The van der Waals surface area contributed by atoms with E-state index in [9.17, 15) is 0 Å². The van der Waals surface area contributed by atoms with Crippen molar-refractivity contribution < 1.29 is 4.74 Å². The summed E-state index contributed by atoms with van der Waals surface area (Å²) in [5.74, 6) is 0.911. The lowest BCUT2D eigenvalue weighted by atomic mass is 10.1. The van der Waals surface area contributed by atoms with Crippen molar-refractivity contribution in [1.29, 1.82) is 0 Å². The van der Waals surface area contributed by atoms with Gasteiger partial charge in [0.05, 0.1) is 7.11 Å². The molecule has 2 heterocycles. The van der Waals surface area contributed by atoms with Crippen LogP contribution in [-0.4, -0.2) is 49.1 Å². The fourth-order valence-corrected chi connectivity index (χ4v) is 3.33. The molecule has 0 aromatic heterocycles. The van der Waals surface area contributed by atoms with Gasteiger partial charge < -0.3 is 10.5 Å². The van der Waals surface area contributed by atoms with Crippen molar-refractivity contribution in [3.05, 3.63) is 23.8 Å². The van der Waals surface area contributed by atoms with Crippen molar-refractivity contribution >= 4 is 5.69 Å². The van der Waals surface area contributed by atoms with Crippen molar-refractivity contribution in [2.75, 3.05) is 39.0 Å². The maximum atomic E-state index is 5.81. The highest BCUT2D eigenvalue weighted by Crippen LogP contribution is 2.26. The van der Waals surface area contributed by atoms with Crippen molar-refractivity contribution in [2.45, 2.75) is 25.4 Å². The zero-order valence-corrected chi connectivity index (χ0v) is 11.6. The third-order valence-electron chi connectivity index (χ3n) is 4.38. The zero-order valence-electron chi connectivity index (χ0n) is 11.6. The maximum Gasteiger partial charge on any atom is 0.125 e. The van der Waals surface area contributed by atoms with Crippen molar-refractivity contribution in [3.8, 4) is 5.75 Å². The van der Waals surface area contributed by atoms with Crippen molar-refractivity contribution in [2.24, 2.45) is 0 Å². The van der Waals surface area contributed by atoms with E-state index >= 15 is 0 Å². The molecule has 0 saturated carbocycles. The molecule has 0 amide bonds. The minimum atomic E-state index is 0.765. The van der Waals surface area contributed by atoms with Gasteiger partial charge in [0.2, 0.25) is 0 Å². The van der Waals surface area contributed by atoms with Gasteiger partial charge in [0.1, 0.15) is 5.75 Å². The Morgan fingerprint density at radius 3 is 3.05 bits per heavy atom. The Bertz CT molecular complexity index is 449. The number of hydrogen-bond donors (Lipinski definition) is 1. The summed E-state index contributed by atoms with van der Waals surface area (Å²) in [5.41, 5.74) is 7.81. The molecule has 2 fully saturated rings. The van der Waals surface area contributed by atoms with Gasteiger partial charge in [-0.2, -0.15) is 0 Å². The van der Waals surface area contributed by atoms with Crippen LogP contribution in [0.4, 0.5) is 5.69 Å². The smallest absolute Gasteiger partial charge is 0.125 e. The molecule has 2 saturated heterocycles. The van der Waals surface area contributed by atoms with Gasteiger partial charge in [-0.25, -0.2) is 0 Å². The lowest BCUT2D eigenvalue weighted by Gasteiger charge is -2.37. The van der Waals surface area contributed by atoms with Crippen molar-refractivity contribution in [3.63, 3.8) is 0 Å². The summed E-state index contributed by atoms with van der Waals surface area (Å²) in [6, 6.07) is 6.74. The number of fused-ring (bicyclic) bond motifs is 1. The molecule has 3 rings (SSSR count). The number of ether oxygens (including phenoxy) is 1. The number of anilines is 1. The molecule has 0 aliphatic carbocycles. The highest BCUT2D eigenvalue weighted by Gasteiger charge is 2.30. The second-order valence-corrected chi connectivity index (χ2v) is 5.64. The Balaban J connectivity index is 1.68. The van der Waals surface area contributed by atoms with E-state index in [2.05, 4.69) is 15.9 Å². The molecule has 0 radical (unpaired) electrons. The average molecular weight is 261 g/mol. The Hall–Kier alpha value is -1.26. The van der Waals surface area contributed by atoms with Crippen molar-refractivity contribution in [1.82, 2.24) is 9.80 Å². The lowest BCUT2D eigenvalue weighted by molar-refractivity contribution is 0.0987. The second-order valence-electron chi connectivity index (χ2n) is 5.64. The highest BCUT2D eigenvalue weighted by molar-refractivity contribution is 5.48. The van der Waals surface area contributed by atoms with E-state index in [1.54, 1.807) is 7.11 Å². The van der Waals surface area contributed by atoms with Crippen LogP contribution < -0.4 is 10.5 Å². The molecule has 4 heteroatoms. The van der Waals surface area contributed by atoms with Crippen LogP contribution >= 0.6 is 0 Å². The first-order chi connectivity index (χ1) is 9.26. The van der Waals surface area contributed by atoms with Crippen LogP contribution in [0.15, 0.2) is 18.2 Å². The monoisotopic (exact) mass is 261 g/mol. The van der Waals surface area contributed by atoms with Gasteiger partial charge in [0.25, 0.3) is 0 Å². The molecule has 104 valence electrons. The number of nitrogen functional groups attached to an aromatic ring is 1. The summed E-state index contributed by atoms with van der Waals surface area (Å²) in [5, 5.41) is 0. The van der Waals surface area contributed by atoms with E-state index in [1.807, 2.05) is 12.1 Å². The molecule has 19 heavy (non-hydrogen) atoms. The molecule has 1 aromatic carbocycles. The zero-order chi connectivity index (χ0) is 13.2. The lowest BCUT2D eigenvalue weighted by Crippen LogP contribution is -2.49. The van der Waals surface area contributed by atoms with E-state index in [0.29, 0.717) is 0 Å². The first kappa shape index (κ1) is 12.8. The summed E-state index contributed by atoms with van der Waals surface area (Å²) >= 11 is 0. The molecule has 2 aliphatic heterocycles. The highest BCUT2D eigenvalue weighted by atomic mass is 16.5. The van der Waals surface area contributed by atoms with Crippen LogP contribution in [0.3, 0.4) is 0 Å². The van der Waals surface area contributed by atoms with E-state index < -0.39 is 0 Å². The minimum Gasteiger partial charge on any atom is -0.496 e. The molecule has 0 bridgehead atoms. The van der Waals surface area contributed by atoms with Gasteiger partial charge in [0, 0.05) is 49.5 Å². The number of hydrogen-bond acceptors (Lipinski definition) is 4. The van der Waals surface area contributed by atoms with Crippen LogP contribution in [-0.2, 0) is 6.54 Å². The summed E-state index contributed by atoms with van der Waals surface area (Å²) in [7, 11) is 1.72. The third kappa shape index (κ3) is 2.69. The molecule has 1 unspecified atom stereocenters. The van der Waals surface area contributed by atoms with Crippen LogP contribution in [0, 0.1) is 0 Å². The number of piperazine rings is 1. The number of methoxy groups -OCH3 is 1. The summed E-state index contributed by atoms with van der Waals surface area (Å²) < 4.78 is 5.44. The van der Waals surface area contributed by atoms with E-state index in [1.165, 1.54) is 38.0 Å². The number of rotatable bonds is 3. The fraction of sp³-hybridized carbons (Fsp3) is 0.600. The summed E-state index contributed by atoms with van der Waals surface area (Å²) in [6.45, 7) is 5.82. The van der Waals surface area contributed by atoms with Crippen LogP contribution in [0.25, 0.3) is 0 Å². The summed E-state index contributed by atoms with van der Waals surface area (Å²) in [4.78, 5) is 5.18. The van der Waals surface area contributed by atoms with Gasteiger partial charge in [0.15, 0.2) is 0 Å². The first-order valence-electron chi connectivity index (χ1n) is 7.15. The van der Waals surface area contributed by atoms with E-state index in [-0.39, 0.29) is 0 Å². The Morgan fingerprint density at radius 2 is 2.21 bits per heavy atom. The standard InChI is InChI=1S/C15H23N3O/c1-19-15-9-13(16)5-4-12(15)10-17-7-8-18-6-2-3-14(18)11-17/h4-5,9,14H,2-3,6-8,10-11,16H2,1H3. The van der Waals surface area contributed by atoms with Gasteiger partial charge in [-0.1, -0.05) is 6.07 Å². The number of nitrogens with zero attached hydrogens (tertiary/aromatic N) is 2. The number of benzene rings is 1. The summed E-state index contributed by atoms with van der Waals surface area (Å²) in [6.07, 6.45) is 2.72. The molecule has 0 spiro atoms. The average Bonchev–Trinajstić information content (AvgIpc) is 2.88. The Kier molecular flexibility index (Phi) is 3.62. The molecule has 1 aromatic rings. The second kappa shape index (κ2) is 5.39. The minimum absolute atomic E-state index is 0.765. The molecule has 2 N–H and O–H groups in total. The normalized spacial score (nSPS) is 24.4. The predicted molar refractivity (Wildman–Crippen MR) is 77.3 cm³/mol. The quantitative estimate of drug-likeness (QED) is 0.838. The predicted octanol–water partition coefficient (Wildman–Crippen LogP) is 1.56. The topological polar surface area (TPSA) is 41.7 Å². The Labute approximate surface area is 115 Å². The third-order valence-corrected chi connectivity index (χ3v) is 4.38. The molecular formula is C15H23N3O. The maximum absolute atomic E-state index is 5.81. The molecule has 4 nitrogen and oxygen atoms in total. The van der Waals surface area contributed by atoms with Gasteiger partial charge in [-0.3, -0.25) is 9.80 Å². The van der Waals surface area contributed by atoms with E-state index in [0.717, 1.165) is 30.6 Å². The Morgan fingerprint density at radius 1 is 1.32 bits per heavy atom. The molecule has 1 atom stereocenters. The molecular weight excluding hydrogens is 238 g/mol. The SMILES string of the molecule is COc1cc(N)ccc1CN1CCN2CCCC2C1. The first-order valence-corrected chi connectivity index (χ1v) is 7.15. The largest absolute Gasteiger partial charge is 0.496 e. The van der Waals surface area contributed by atoms with E-state index in [4.69, 9.17) is 10.5 Å². The van der Waals surface area contributed by atoms with Crippen LogP contribution in [0.5, 0.6) is 5.75 Å². The van der Waals surface area contributed by atoms with Gasteiger partial charge >= 0.3 is 0 Å². The van der Waals surface area contributed by atoms with Gasteiger partial charge in [-0.15, -0.1) is 0 Å². The van der Waals surface area contributed by atoms with Crippen LogP contribution in [0.1, 0.15) is 18.4 Å². The number of nitrogens with two attached hydrogens (primary N) is 1. The fourth-order valence-electron chi connectivity index (χ4n) is 3.33.